The van der Waals surface area contributed by atoms with Gasteiger partial charge in [0.2, 0.25) is 0 Å². The van der Waals surface area contributed by atoms with Crippen molar-refractivity contribution < 1.29 is 4.79 Å². The summed E-state index contributed by atoms with van der Waals surface area (Å²) < 4.78 is 0. The maximum absolute atomic E-state index is 12.1. The molecule has 0 heterocycles. The number of carbonyl (C=O) groups is 1. The summed E-state index contributed by atoms with van der Waals surface area (Å²) in [7, 11) is 1.86. The molecule has 0 radical (unpaired) electrons. The Bertz CT molecular complexity index is 352. The van der Waals surface area contributed by atoms with E-state index in [1.165, 1.54) is 0 Å². The van der Waals surface area contributed by atoms with Gasteiger partial charge < -0.3 is 4.90 Å². The molecule has 0 aliphatic heterocycles. The van der Waals surface area contributed by atoms with E-state index in [2.05, 4.69) is 22.9 Å². The molecule has 0 bridgehead atoms. The van der Waals surface area contributed by atoms with Gasteiger partial charge in [-0.2, -0.15) is 0 Å². The highest BCUT2D eigenvalue weighted by molar-refractivity contribution is 9.08. The molecule has 1 aromatic carbocycles. The van der Waals surface area contributed by atoms with Crippen molar-refractivity contribution in [1.29, 1.82) is 0 Å². The molecular weight excluding hydrogens is 266 g/mol. The van der Waals surface area contributed by atoms with Crippen LogP contribution in [-0.4, -0.2) is 24.4 Å². The highest BCUT2D eigenvalue weighted by atomic mass is 79.9. The summed E-state index contributed by atoms with van der Waals surface area (Å²) in [5.74, 6) is 0.114. The van der Waals surface area contributed by atoms with Crippen molar-refractivity contribution in [2.24, 2.45) is 0 Å². The van der Waals surface area contributed by atoms with Crippen LogP contribution in [0.15, 0.2) is 24.3 Å². The SMILES string of the molecule is CCCCN(C)C(=O)c1ccccc1CBr. The molecule has 1 aromatic rings. The van der Waals surface area contributed by atoms with Crippen molar-refractivity contribution in [3.8, 4) is 0 Å². The molecule has 0 aliphatic rings. The van der Waals surface area contributed by atoms with E-state index in [1.807, 2.05) is 31.3 Å². The van der Waals surface area contributed by atoms with Crippen LogP contribution >= 0.6 is 15.9 Å². The largest absolute Gasteiger partial charge is 0.342 e. The lowest BCUT2D eigenvalue weighted by molar-refractivity contribution is 0.0792. The van der Waals surface area contributed by atoms with Crippen LogP contribution in [0.5, 0.6) is 0 Å². The predicted molar refractivity (Wildman–Crippen MR) is 70.9 cm³/mol. The van der Waals surface area contributed by atoms with E-state index in [9.17, 15) is 4.79 Å². The molecule has 0 saturated carbocycles. The van der Waals surface area contributed by atoms with Crippen molar-refractivity contribution in [2.75, 3.05) is 13.6 Å². The van der Waals surface area contributed by atoms with E-state index in [0.717, 1.165) is 35.8 Å². The molecular formula is C13H18BrNO. The second kappa shape index (κ2) is 6.69. The molecule has 0 spiro atoms. The zero-order valence-corrected chi connectivity index (χ0v) is 11.5. The van der Waals surface area contributed by atoms with E-state index in [1.54, 1.807) is 4.90 Å². The van der Waals surface area contributed by atoms with Crippen molar-refractivity contribution in [3.05, 3.63) is 35.4 Å². The third kappa shape index (κ3) is 3.34. The average molecular weight is 284 g/mol. The van der Waals surface area contributed by atoms with Gasteiger partial charge in [0.05, 0.1) is 0 Å². The number of alkyl halides is 1. The average Bonchev–Trinajstić information content (AvgIpc) is 2.34. The minimum absolute atomic E-state index is 0.114. The highest BCUT2D eigenvalue weighted by Gasteiger charge is 2.13. The van der Waals surface area contributed by atoms with Gasteiger partial charge in [-0.25, -0.2) is 0 Å². The molecule has 0 fully saturated rings. The summed E-state index contributed by atoms with van der Waals surface area (Å²) in [5, 5.41) is 0.719. The summed E-state index contributed by atoms with van der Waals surface area (Å²) in [6.45, 7) is 2.96. The second-order valence-electron chi connectivity index (χ2n) is 3.87. The zero-order valence-electron chi connectivity index (χ0n) is 9.87. The van der Waals surface area contributed by atoms with Crippen LogP contribution in [0.4, 0.5) is 0 Å². The van der Waals surface area contributed by atoms with Crippen molar-refractivity contribution in [1.82, 2.24) is 4.90 Å². The number of carbonyl (C=O) groups excluding carboxylic acids is 1. The number of unbranched alkanes of at least 4 members (excludes halogenated alkanes) is 1. The molecule has 0 atom stereocenters. The summed E-state index contributed by atoms with van der Waals surface area (Å²) in [6.07, 6.45) is 2.16. The molecule has 2 nitrogen and oxygen atoms in total. The Hall–Kier alpha value is -0.830. The first-order chi connectivity index (χ1) is 7.70. The van der Waals surface area contributed by atoms with Crippen LogP contribution in [0.2, 0.25) is 0 Å². The number of hydrogen-bond donors (Lipinski definition) is 0. The van der Waals surface area contributed by atoms with E-state index in [-0.39, 0.29) is 5.91 Å². The molecule has 0 aromatic heterocycles. The van der Waals surface area contributed by atoms with Gasteiger partial charge in [0.15, 0.2) is 0 Å². The summed E-state index contributed by atoms with van der Waals surface area (Å²) >= 11 is 3.41. The lowest BCUT2D eigenvalue weighted by Gasteiger charge is -2.18. The lowest BCUT2D eigenvalue weighted by atomic mass is 10.1. The van der Waals surface area contributed by atoms with Crippen molar-refractivity contribution in [2.45, 2.75) is 25.1 Å². The van der Waals surface area contributed by atoms with Gasteiger partial charge in [-0.1, -0.05) is 47.5 Å². The van der Waals surface area contributed by atoms with Crippen LogP contribution in [0.3, 0.4) is 0 Å². The van der Waals surface area contributed by atoms with Gasteiger partial charge in [0.25, 0.3) is 5.91 Å². The Morgan fingerprint density at radius 3 is 2.69 bits per heavy atom. The van der Waals surface area contributed by atoms with E-state index in [0.29, 0.717) is 0 Å². The highest BCUT2D eigenvalue weighted by Crippen LogP contribution is 2.14. The van der Waals surface area contributed by atoms with Crippen LogP contribution in [0, 0.1) is 0 Å². The van der Waals surface area contributed by atoms with Gasteiger partial charge in [-0.15, -0.1) is 0 Å². The Balaban J connectivity index is 2.79. The maximum Gasteiger partial charge on any atom is 0.253 e. The summed E-state index contributed by atoms with van der Waals surface area (Å²) in [4.78, 5) is 13.9. The number of hydrogen-bond acceptors (Lipinski definition) is 1. The van der Waals surface area contributed by atoms with E-state index >= 15 is 0 Å². The Morgan fingerprint density at radius 2 is 2.06 bits per heavy atom. The van der Waals surface area contributed by atoms with Crippen LogP contribution in [0.25, 0.3) is 0 Å². The molecule has 0 saturated heterocycles. The van der Waals surface area contributed by atoms with E-state index in [4.69, 9.17) is 0 Å². The fourth-order valence-corrected chi connectivity index (χ4v) is 2.04. The van der Waals surface area contributed by atoms with Crippen molar-refractivity contribution in [3.63, 3.8) is 0 Å². The molecule has 88 valence electrons. The topological polar surface area (TPSA) is 20.3 Å². The summed E-state index contributed by atoms with van der Waals surface area (Å²) in [5.41, 5.74) is 1.86. The van der Waals surface area contributed by atoms with Gasteiger partial charge >= 0.3 is 0 Å². The van der Waals surface area contributed by atoms with E-state index < -0.39 is 0 Å². The second-order valence-corrected chi connectivity index (χ2v) is 4.43. The minimum Gasteiger partial charge on any atom is -0.342 e. The van der Waals surface area contributed by atoms with Crippen LogP contribution in [-0.2, 0) is 5.33 Å². The standard InChI is InChI=1S/C13H18BrNO/c1-3-4-9-15(2)13(16)12-8-6-5-7-11(12)10-14/h5-8H,3-4,9-10H2,1-2H3. The molecule has 16 heavy (non-hydrogen) atoms. The predicted octanol–water partition coefficient (Wildman–Crippen LogP) is 3.45. The smallest absolute Gasteiger partial charge is 0.253 e. The third-order valence-corrected chi connectivity index (χ3v) is 3.19. The molecule has 0 aliphatic carbocycles. The van der Waals surface area contributed by atoms with Gasteiger partial charge in [0, 0.05) is 24.5 Å². The third-order valence-electron chi connectivity index (χ3n) is 2.59. The monoisotopic (exact) mass is 283 g/mol. The quantitative estimate of drug-likeness (QED) is 0.758. The Labute approximate surface area is 106 Å². The lowest BCUT2D eigenvalue weighted by Crippen LogP contribution is -2.28. The molecule has 1 rings (SSSR count). The molecule has 1 amide bonds. The first-order valence-corrected chi connectivity index (χ1v) is 6.72. The van der Waals surface area contributed by atoms with Gasteiger partial charge in [-0.3, -0.25) is 4.79 Å². The fourth-order valence-electron chi connectivity index (χ4n) is 1.55. The van der Waals surface area contributed by atoms with Crippen LogP contribution < -0.4 is 0 Å². The first-order valence-electron chi connectivity index (χ1n) is 5.60. The summed E-state index contributed by atoms with van der Waals surface area (Å²) in [6, 6.07) is 7.74. The minimum atomic E-state index is 0.114. The Kier molecular flexibility index (Phi) is 5.53. The van der Waals surface area contributed by atoms with Gasteiger partial charge in [0.1, 0.15) is 0 Å². The first kappa shape index (κ1) is 13.2. The van der Waals surface area contributed by atoms with Gasteiger partial charge in [-0.05, 0) is 18.1 Å². The normalized spacial score (nSPS) is 10.2. The molecule has 0 unspecified atom stereocenters. The van der Waals surface area contributed by atoms with Crippen molar-refractivity contribution >= 4 is 21.8 Å². The number of rotatable bonds is 5. The fraction of sp³-hybridized carbons (Fsp3) is 0.462. The number of halogens is 1. The number of benzene rings is 1. The number of amides is 1. The van der Waals surface area contributed by atoms with Crippen LogP contribution in [0.1, 0.15) is 35.7 Å². The Morgan fingerprint density at radius 1 is 1.38 bits per heavy atom. The number of nitrogens with zero attached hydrogens (tertiary/aromatic N) is 1. The zero-order chi connectivity index (χ0) is 12.0. The molecule has 3 heteroatoms. The molecule has 0 N–H and O–H groups in total. The maximum atomic E-state index is 12.1.